The van der Waals surface area contributed by atoms with Crippen LogP contribution in [0.4, 0.5) is 0 Å². The molecule has 1 aromatic carbocycles. The van der Waals surface area contributed by atoms with Crippen LogP contribution in [0.1, 0.15) is 29.1 Å². The van der Waals surface area contributed by atoms with Gasteiger partial charge in [0, 0.05) is 11.5 Å². The van der Waals surface area contributed by atoms with Gasteiger partial charge in [0.15, 0.2) is 5.69 Å². The van der Waals surface area contributed by atoms with Crippen molar-refractivity contribution in [3.8, 4) is 11.5 Å². The fraction of sp³-hybridized carbons (Fsp3) is 0.267. The Morgan fingerprint density at radius 3 is 2.57 bits per heavy atom. The molecule has 6 nitrogen and oxygen atoms in total. The Labute approximate surface area is 121 Å². The van der Waals surface area contributed by atoms with E-state index >= 15 is 0 Å². The maximum atomic E-state index is 12.0. The number of carbonyl (C=O) groups is 2. The molecule has 1 aliphatic rings. The van der Waals surface area contributed by atoms with Gasteiger partial charge in [0.2, 0.25) is 11.8 Å². The SMILES string of the molecule is Cc1oc(-c2ccccc2)nc1C(=O)NNC(=O)C1CC1. The Morgan fingerprint density at radius 2 is 1.90 bits per heavy atom. The fourth-order valence-electron chi connectivity index (χ4n) is 1.94. The molecule has 0 spiro atoms. The third-order valence-corrected chi connectivity index (χ3v) is 3.28. The van der Waals surface area contributed by atoms with Crippen LogP contribution in [0.3, 0.4) is 0 Å². The van der Waals surface area contributed by atoms with Crippen LogP contribution < -0.4 is 10.9 Å². The third-order valence-electron chi connectivity index (χ3n) is 3.28. The van der Waals surface area contributed by atoms with Gasteiger partial charge in [-0.15, -0.1) is 0 Å². The van der Waals surface area contributed by atoms with Gasteiger partial charge >= 0.3 is 0 Å². The third kappa shape index (κ3) is 2.94. The second kappa shape index (κ2) is 5.40. The Morgan fingerprint density at radius 1 is 1.19 bits per heavy atom. The molecule has 108 valence electrons. The van der Waals surface area contributed by atoms with Crippen LogP contribution in [0.15, 0.2) is 34.7 Å². The molecule has 1 fully saturated rings. The molecule has 1 aliphatic carbocycles. The van der Waals surface area contributed by atoms with Crippen LogP contribution in [0, 0.1) is 12.8 Å². The van der Waals surface area contributed by atoms with E-state index in [0.29, 0.717) is 11.7 Å². The van der Waals surface area contributed by atoms with Crippen molar-refractivity contribution in [1.29, 1.82) is 0 Å². The van der Waals surface area contributed by atoms with Crippen molar-refractivity contribution in [2.24, 2.45) is 5.92 Å². The van der Waals surface area contributed by atoms with E-state index in [4.69, 9.17) is 4.42 Å². The van der Waals surface area contributed by atoms with Gasteiger partial charge in [-0.3, -0.25) is 20.4 Å². The zero-order valence-corrected chi connectivity index (χ0v) is 11.6. The molecule has 1 saturated carbocycles. The Hall–Kier alpha value is -2.63. The number of benzene rings is 1. The summed E-state index contributed by atoms with van der Waals surface area (Å²) in [6.07, 6.45) is 1.76. The predicted molar refractivity (Wildman–Crippen MR) is 75.0 cm³/mol. The maximum Gasteiger partial charge on any atom is 0.291 e. The van der Waals surface area contributed by atoms with Crippen molar-refractivity contribution in [2.75, 3.05) is 0 Å². The smallest absolute Gasteiger partial charge is 0.291 e. The number of aryl methyl sites for hydroxylation is 1. The molecule has 21 heavy (non-hydrogen) atoms. The van der Waals surface area contributed by atoms with E-state index < -0.39 is 5.91 Å². The minimum Gasteiger partial charge on any atom is -0.441 e. The summed E-state index contributed by atoms with van der Waals surface area (Å²) >= 11 is 0. The van der Waals surface area contributed by atoms with Crippen molar-refractivity contribution in [2.45, 2.75) is 19.8 Å². The summed E-state index contributed by atoms with van der Waals surface area (Å²) in [5.74, 6) is 0.183. The van der Waals surface area contributed by atoms with Crippen LogP contribution in [0.2, 0.25) is 0 Å². The average Bonchev–Trinajstić information content (AvgIpc) is 3.28. The van der Waals surface area contributed by atoms with Gasteiger partial charge in [-0.05, 0) is 31.9 Å². The number of hydrogen-bond donors (Lipinski definition) is 2. The van der Waals surface area contributed by atoms with Crippen molar-refractivity contribution < 1.29 is 14.0 Å². The highest BCUT2D eigenvalue weighted by molar-refractivity contribution is 5.95. The van der Waals surface area contributed by atoms with Crippen LogP contribution in [0.25, 0.3) is 11.5 Å². The minimum absolute atomic E-state index is 0.0311. The topological polar surface area (TPSA) is 84.2 Å². The molecular weight excluding hydrogens is 270 g/mol. The first-order valence-electron chi connectivity index (χ1n) is 6.78. The lowest BCUT2D eigenvalue weighted by atomic mass is 10.2. The largest absolute Gasteiger partial charge is 0.441 e. The lowest BCUT2D eigenvalue weighted by Gasteiger charge is -2.04. The summed E-state index contributed by atoms with van der Waals surface area (Å²) in [6, 6.07) is 9.32. The molecule has 0 radical (unpaired) electrons. The quantitative estimate of drug-likeness (QED) is 0.842. The van der Waals surface area contributed by atoms with Crippen LogP contribution in [0.5, 0.6) is 0 Å². The van der Waals surface area contributed by atoms with Crippen LogP contribution in [-0.4, -0.2) is 16.8 Å². The van der Waals surface area contributed by atoms with Gasteiger partial charge < -0.3 is 4.42 Å². The number of aromatic nitrogens is 1. The predicted octanol–water partition coefficient (Wildman–Crippen LogP) is 1.82. The molecule has 0 saturated heterocycles. The lowest BCUT2D eigenvalue weighted by Crippen LogP contribution is -2.42. The highest BCUT2D eigenvalue weighted by atomic mass is 16.4. The second-order valence-corrected chi connectivity index (χ2v) is 5.01. The molecule has 2 N–H and O–H groups in total. The molecule has 3 rings (SSSR count). The summed E-state index contributed by atoms with van der Waals surface area (Å²) < 4.78 is 5.50. The fourth-order valence-corrected chi connectivity index (χ4v) is 1.94. The van der Waals surface area contributed by atoms with Crippen molar-refractivity contribution >= 4 is 11.8 Å². The number of carbonyl (C=O) groups excluding carboxylic acids is 2. The molecule has 6 heteroatoms. The van der Waals surface area contributed by atoms with Crippen molar-refractivity contribution in [3.63, 3.8) is 0 Å². The maximum absolute atomic E-state index is 12.0. The summed E-state index contributed by atoms with van der Waals surface area (Å²) in [5, 5.41) is 0. The van der Waals surface area contributed by atoms with Crippen LogP contribution >= 0.6 is 0 Å². The summed E-state index contributed by atoms with van der Waals surface area (Å²) in [7, 11) is 0. The number of nitrogens with one attached hydrogen (secondary N) is 2. The Kier molecular flexibility index (Phi) is 3.43. The molecule has 1 heterocycles. The van der Waals surface area contributed by atoms with E-state index in [9.17, 15) is 9.59 Å². The highest BCUT2D eigenvalue weighted by Crippen LogP contribution is 2.28. The van der Waals surface area contributed by atoms with Gasteiger partial charge in [0.05, 0.1) is 0 Å². The van der Waals surface area contributed by atoms with Gasteiger partial charge in [-0.1, -0.05) is 18.2 Å². The van der Waals surface area contributed by atoms with Crippen molar-refractivity contribution in [3.05, 3.63) is 41.8 Å². The van der Waals surface area contributed by atoms with E-state index in [2.05, 4.69) is 15.8 Å². The van der Waals surface area contributed by atoms with E-state index in [1.807, 2.05) is 30.3 Å². The van der Waals surface area contributed by atoms with E-state index in [-0.39, 0.29) is 17.5 Å². The van der Waals surface area contributed by atoms with E-state index in [0.717, 1.165) is 18.4 Å². The number of hydrazine groups is 1. The minimum atomic E-state index is -0.479. The monoisotopic (exact) mass is 285 g/mol. The van der Waals surface area contributed by atoms with Gasteiger partial charge in [-0.25, -0.2) is 4.98 Å². The zero-order chi connectivity index (χ0) is 14.8. The summed E-state index contributed by atoms with van der Waals surface area (Å²) in [4.78, 5) is 27.7. The molecule has 2 aromatic rings. The van der Waals surface area contributed by atoms with E-state index in [1.54, 1.807) is 6.92 Å². The molecule has 0 aliphatic heterocycles. The normalized spacial score (nSPS) is 13.8. The first kappa shape index (κ1) is 13.4. The Balaban J connectivity index is 1.71. The van der Waals surface area contributed by atoms with Crippen LogP contribution in [-0.2, 0) is 4.79 Å². The van der Waals surface area contributed by atoms with Crippen molar-refractivity contribution in [1.82, 2.24) is 15.8 Å². The summed E-state index contributed by atoms with van der Waals surface area (Å²) in [6.45, 7) is 1.66. The first-order chi connectivity index (χ1) is 10.1. The van der Waals surface area contributed by atoms with Gasteiger partial charge in [0.25, 0.3) is 5.91 Å². The molecule has 0 atom stereocenters. The standard InChI is InChI=1S/C15H15N3O3/c1-9-12(14(20)18-17-13(19)10-7-8-10)16-15(21-9)11-5-3-2-4-6-11/h2-6,10H,7-8H2,1H3,(H,17,19)(H,18,20). The number of oxazole rings is 1. The lowest BCUT2D eigenvalue weighted by molar-refractivity contribution is -0.123. The number of amides is 2. The van der Waals surface area contributed by atoms with Gasteiger partial charge in [0.1, 0.15) is 5.76 Å². The summed E-state index contributed by atoms with van der Waals surface area (Å²) in [5.41, 5.74) is 5.73. The molecule has 2 amide bonds. The highest BCUT2D eigenvalue weighted by Gasteiger charge is 2.30. The first-order valence-corrected chi connectivity index (χ1v) is 6.78. The Bertz CT molecular complexity index is 675. The number of rotatable bonds is 3. The number of hydrogen-bond acceptors (Lipinski definition) is 4. The average molecular weight is 285 g/mol. The molecular formula is C15H15N3O3. The molecule has 1 aromatic heterocycles. The molecule has 0 bridgehead atoms. The van der Waals surface area contributed by atoms with E-state index in [1.165, 1.54) is 0 Å². The molecule has 0 unspecified atom stereocenters. The zero-order valence-electron chi connectivity index (χ0n) is 11.6. The second-order valence-electron chi connectivity index (χ2n) is 5.01. The number of nitrogens with zero attached hydrogens (tertiary/aromatic N) is 1. The van der Waals surface area contributed by atoms with Gasteiger partial charge in [-0.2, -0.15) is 0 Å².